The molecule has 0 aromatic carbocycles. The first kappa shape index (κ1) is 5.34. The van der Waals surface area contributed by atoms with Crippen molar-refractivity contribution in [3.8, 4) is 11.5 Å². The summed E-state index contributed by atoms with van der Waals surface area (Å²) < 4.78 is 4.86. The van der Waals surface area contributed by atoms with E-state index in [-0.39, 0.29) is 0 Å². The van der Waals surface area contributed by atoms with Gasteiger partial charge in [-0.3, -0.25) is 0 Å². The molecule has 0 aromatic heterocycles. The molecule has 0 amide bonds. The molecule has 4 heteroatoms. The molecule has 0 aliphatic carbocycles. The normalized spacial score (nSPS) is 10.5. The van der Waals surface area contributed by atoms with Gasteiger partial charge in [-0.05, 0) is 6.92 Å². The first-order valence-corrected chi connectivity index (χ1v) is 2.90. The minimum absolute atomic E-state index is 0.639. The van der Waals surface area contributed by atoms with Gasteiger partial charge < -0.3 is 4.52 Å². The molecule has 2 aliphatic heterocycles. The number of aryl methyl sites for hydroxylation is 1. The molecular formula is C6H5N3O. The summed E-state index contributed by atoms with van der Waals surface area (Å²) in [6, 6.07) is 0. The lowest BCUT2D eigenvalue weighted by molar-refractivity contribution is 0.411. The molecule has 2 heterocycles. The van der Waals surface area contributed by atoms with Crippen molar-refractivity contribution in [2.24, 2.45) is 0 Å². The van der Waals surface area contributed by atoms with Crippen molar-refractivity contribution < 1.29 is 4.52 Å². The van der Waals surface area contributed by atoms with Gasteiger partial charge in [-0.2, -0.15) is 5.10 Å². The predicted octanol–water partition coefficient (Wildman–Crippen LogP) is 0.878. The first-order chi connectivity index (χ1) is 4.88. The zero-order chi connectivity index (χ0) is 6.97. The number of hydrogen-bond acceptors (Lipinski definition) is 4. The van der Waals surface area contributed by atoms with E-state index in [1.54, 1.807) is 12.4 Å². The van der Waals surface area contributed by atoms with Crippen molar-refractivity contribution >= 4 is 0 Å². The van der Waals surface area contributed by atoms with Gasteiger partial charge in [0, 0.05) is 5.56 Å². The van der Waals surface area contributed by atoms with Crippen LogP contribution in [0.25, 0.3) is 11.5 Å². The Kier molecular flexibility index (Phi) is 0.943. The highest BCUT2D eigenvalue weighted by molar-refractivity contribution is 5.54. The molecule has 0 N–H and O–H groups in total. The van der Waals surface area contributed by atoms with Crippen LogP contribution in [-0.4, -0.2) is 15.4 Å². The molecule has 0 fully saturated rings. The fourth-order valence-corrected chi connectivity index (χ4v) is 0.813. The summed E-state index contributed by atoms with van der Waals surface area (Å²) in [4.78, 5) is 0. The van der Waals surface area contributed by atoms with Crippen LogP contribution in [0.2, 0.25) is 0 Å². The van der Waals surface area contributed by atoms with Crippen LogP contribution in [-0.2, 0) is 0 Å². The van der Waals surface area contributed by atoms with Crippen LogP contribution < -0.4 is 0 Å². The second-order valence-corrected chi connectivity index (χ2v) is 2.07. The number of fused-ring (bicyclic) bond motifs is 1. The summed E-state index contributed by atoms with van der Waals surface area (Å²) in [5, 5.41) is 11.1. The van der Waals surface area contributed by atoms with Crippen LogP contribution in [0.1, 0.15) is 5.56 Å². The average molecular weight is 135 g/mol. The van der Waals surface area contributed by atoms with Crippen molar-refractivity contribution in [1.82, 2.24) is 15.4 Å². The van der Waals surface area contributed by atoms with E-state index in [0.717, 1.165) is 11.3 Å². The molecule has 2 aliphatic rings. The van der Waals surface area contributed by atoms with E-state index in [4.69, 9.17) is 4.52 Å². The molecule has 4 nitrogen and oxygen atoms in total. The van der Waals surface area contributed by atoms with Gasteiger partial charge in [0.15, 0.2) is 0 Å². The van der Waals surface area contributed by atoms with E-state index in [1.165, 1.54) is 0 Å². The van der Waals surface area contributed by atoms with E-state index in [2.05, 4.69) is 15.4 Å². The number of hydrogen-bond donors (Lipinski definition) is 0. The van der Waals surface area contributed by atoms with Gasteiger partial charge in [0.25, 0.3) is 0 Å². The van der Waals surface area contributed by atoms with Crippen LogP contribution in [0, 0.1) is 6.92 Å². The Hall–Kier alpha value is -1.45. The van der Waals surface area contributed by atoms with Gasteiger partial charge in [-0.25, -0.2) is 0 Å². The lowest BCUT2D eigenvalue weighted by atomic mass is 10.2. The molecule has 50 valence electrons. The highest BCUT2D eigenvalue weighted by Crippen LogP contribution is 2.19. The minimum Gasteiger partial charge on any atom is -0.353 e. The van der Waals surface area contributed by atoms with Gasteiger partial charge >= 0.3 is 0 Å². The minimum atomic E-state index is 0.639. The largest absolute Gasteiger partial charge is 0.353 e. The molecule has 0 saturated heterocycles. The Morgan fingerprint density at radius 2 is 2.30 bits per heavy atom. The highest BCUT2D eigenvalue weighted by Gasteiger charge is 2.09. The summed E-state index contributed by atoms with van der Waals surface area (Å²) in [6.07, 6.45) is 3.17. The molecular weight excluding hydrogens is 130 g/mol. The van der Waals surface area contributed by atoms with Crippen LogP contribution in [0.5, 0.6) is 0 Å². The Labute approximate surface area is 57.2 Å². The average Bonchev–Trinajstić information content (AvgIpc) is 2.36. The quantitative estimate of drug-likeness (QED) is 0.538. The molecule has 0 spiro atoms. The zero-order valence-corrected chi connectivity index (χ0v) is 5.40. The monoisotopic (exact) mass is 135 g/mol. The number of aromatic nitrogens is 3. The number of nitrogens with zero attached hydrogens (tertiary/aromatic N) is 3. The SMILES string of the molecule is Cc1cnoc2cnnc1-2. The van der Waals surface area contributed by atoms with Crippen molar-refractivity contribution in [3.63, 3.8) is 0 Å². The molecule has 0 bridgehead atoms. The van der Waals surface area contributed by atoms with Crippen molar-refractivity contribution in [3.05, 3.63) is 18.0 Å². The molecule has 0 atom stereocenters. The van der Waals surface area contributed by atoms with Crippen LogP contribution in [0.3, 0.4) is 0 Å². The lowest BCUT2D eigenvalue weighted by Gasteiger charge is -1.93. The molecule has 0 saturated carbocycles. The molecule has 0 radical (unpaired) electrons. The zero-order valence-electron chi connectivity index (χ0n) is 5.40. The predicted molar refractivity (Wildman–Crippen MR) is 33.5 cm³/mol. The highest BCUT2D eigenvalue weighted by atomic mass is 16.5. The molecule has 10 heavy (non-hydrogen) atoms. The van der Waals surface area contributed by atoms with E-state index < -0.39 is 0 Å². The lowest BCUT2D eigenvalue weighted by Crippen LogP contribution is -1.84. The van der Waals surface area contributed by atoms with E-state index in [9.17, 15) is 0 Å². The Balaban J connectivity index is 2.80. The van der Waals surface area contributed by atoms with Gasteiger partial charge in [0.1, 0.15) is 5.69 Å². The third-order valence-corrected chi connectivity index (χ3v) is 1.34. The third-order valence-electron chi connectivity index (χ3n) is 1.34. The summed E-state index contributed by atoms with van der Waals surface area (Å²) in [6.45, 7) is 1.92. The van der Waals surface area contributed by atoms with Gasteiger partial charge in [0.2, 0.25) is 5.76 Å². The van der Waals surface area contributed by atoms with E-state index in [1.807, 2.05) is 6.92 Å². The summed E-state index contributed by atoms with van der Waals surface area (Å²) in [5.74, 6) is 0.639. The van der Waals surface area contributed by atoms with E-state index >= 15 is 0 Å². The van der Waals surface area contributed by atoms with Crippen molar-refractivity contribution in [2.45, 2.75) is 6.92 Å². The third kappa shape index (κ3) is 0.586. The maximum atomic E-state index is 4.86. The summed E-state index contributed by atoms with van der Waals surface area (Å²) in [7, 11) is 0. The Morgan fingerprint density at radius 3 is 3.10 bits per heavy atom. The standard InChI is InChI=1S/C6H5N3O/c1-4-2-8-10-5-3-7-9-6(4)5/h2-3H,1H3. The van der Waals surface area contributed by atoms with Crippen molar-refractivity contribution in [1.29, 1.82) is 0 Å². The fourth-order valence-electron chi connectivity index (χ4n) is 0.813. The maximum Gasteiger partial charge on any atom is 0.205 e. The maximum absolute atomic E-state index is 4.86. The van der Waals surface area contributed by atoms with Crippen LogP contribution in [0.4, 0.5) is 0 Å². The van der Waals surface area contributed by atoms with Crippen LogP contribution in [0.15, 0.2) is 16.9 Å². The van der Waals surface area contributed by atoms with Gasteiger partial charge in [-0.15, -0.1) is 5.10 Å². The first-order valence-electron chi connectivity index (χ1n) is 2.90. The summed E-state index contributed by atoms with van der Waals surface area (Å²) >= 11 is 0. The van der Waals surface area contributed by atoms with Crippen molar-refractivity contribution in [2.75, 3.05) is 0 Å². The second-order valence-electron chi connectivity index (χ2n) is 2.07. The Bertz CT molecular complexity index is 317. The van der Waals surface area contributed by atoms with Crippen LogP contribution >= 0.6 is 0 Å². The van der Waals surface area contributed by atoms with E-state index in [0.29, 0.717) is 5.76 Å². The molecule has 0 unspecified atom stereocenters. The molecule has 2 rings (SSSR count). The summed E-state index contributed by atoms with van der Waals surface area (Å²) in [5.41, 5.74) is 1.77. The van der Waals surface area contributed by atoms with Gasteiger partial charge in [-0.1, -0.05) is 5.16 Å². The topological polar surface area (TPSA) is 51.8 Å². The second kappa shape index (κ2) is 1.76. The Morgan fingerprint density at radius 1 is 1.40 bits per heavy atom. The smallest absolute Gasteiger partial charge is 0.205 e. The van der Waals surface area contributed by atoms with Gasteiger partial charge in [0.05, 0.1) is 12.4 Å². The fraction of sp³-hybridized carbons (Fsp3) is 0.167. The number of rotatable bonds is 0. The molecule has 0 aromatic rings.